The number of nitrogens with zero attached hydrogens (tertiary/aromatic N) is 2. The van der Waals surface area contributed by atoms with Gasteiger partial charge in [-0.15, -0.1) is 0 Å². The Hall–Kier alpha value is -3.04. The van der Waals surface area contributed by atoms with Crippen molar-refractivity contribution >= 4 is 42.4 Å². The van der Waals surface area contributed by atoms with Crippen molar-refractivity contribution < 1.29 is 22.0 Å². The Labute approximate surface area is 182 Å². The minimum Gasteiger partial charge on any atom is -0.467 e. The molecule has 0 saturated heterocycles. The van der Waals surface area contributed by atoms with Crippen LogP contribution in [0.1, 0.15) is 17.7 Å². The van der Waals surface area contributed by atoms with Gasteiger partial charge in [-0.05, 0) is 55.0 Å². The summed E-state index contributed by atoms with van der Waals surface area (Å²) in [5, 5.41) is 0.477. The van der Waals surface area contributed by atoms with Gasteiger partial charge in [0, 0.05) is 6.42 Å². The normalized spacial score (nSPS) is 11.7. The van der Waals surface area contributed by atoms with Crippen LogP contribution < -0.4 is 4.90 Å². The molecule has 4 rings (SSSR count). The first-order valence-corrected chi connectivity index (χ1v) is 12.0. The molecule has 6 nitrogen and oxygen atoms in total. The second kappa shape index (κ2) is 8.60. The van der Waals surface area contributed by atoms with E-state index in [1.165, 1.54) is 34.6 Å². The van der Waals surface area contributed by atoms with E-state index in [0.29, 0.717) is 10.9 Å². The molecule has 0 unspecified atom stereocenters. The summed E-state index contributed by atoms with van der Waals surface area (Å²) in [6, 6.07) is 13.8. The molecule has 2 aromatic carbocycles. The molecule has 9 heteroatoms. The molecule has 2 heterocycles. The predicted octanol–water partition coefficient (Wildman–Crippen LogP) is 4.73. The molecule has 2 aromatic heterocycles. The second-order valence-corrected chi connectivity index (χ2v) is 10.1. The zero-order chi connectivity index (χ0) is 22.0. The number of carbonyl (C=O) groups is 1. The molecule has 0 radical (unpaired) electrons. The fourth-order valence-corrected chi connectivity index (χ4v) is 5.42. The molecule has 0 spiro atoms. The average molecular weight is 459 g/mol. The number of sulfone groups is 1. The van der Waals surface area contributed by atoms with Gasteiger partial charge in [0.05, 0.1) is 33.7 Å². The van der Waals surface area contributed by atoms with Gasteiger partial charge in [-0.2, -0.15) is 0 Å². The summed E-state index contributed by atoms with van der Waals surface area (Å²) < 4.78 is 44.6. The molecule has 4 aromatic rings. The first-order chi connectivity index (χ1) is 14.8. The highest BCUT2D eigenvalue weighted by molar-refractivity contribution is 7.91. The van der Waals surface area contributed by atoms with Gasteiger partial charge in [-0.25, -0.2) is 17.8 Å². The van der Waals surface area contributed by atoms with Gasteiger partial charge in [-0.3, -0.25) is 9.69 Å². The van der Waals surface area contributed by atoms with Crippen LogP contribution in [0.15, 0.2) is 70.2 Å². The molecule has 0 bridgehead atoms. The van der Waals surface area contributed by atoms with E-state index in [9.17, 15) is 17.6 Å². The summed E-state index contributed by atoms with van der Waals surface area (Å²) in [5.41, 5.74) is 1.79. The average Bonchev–Trinajstić information content (AvgIpc) is 3.41. The summed E-state index contributed by atoms with van der Waals surface area (Å²) in [5.74, 6) is -0.744. The van der Waals surface area contributed by atoms with Crippen LogP contribution in [-0.4, -0.2) is 25.1 Å². The maximum absolute atomic E-state index is 13.1. The van der Waals surface area contributed by atoms with E-state index in [1.807, 2.05) is 25.1 Å². The van der Waals surface area contributed by atoms with Gasteiger partial charge < -0.3 is 4.42 Å². The number of benzene rings is 2. The fraction of sp³-hybridized carbons (Fsp3) is 0.182. The van der Waals surface area contributed by atoms with E-state index in [4.69, 9.17) is 4.42 Å². The van der Waals surface area contributed by atoms with Gasteiger partial charge in [0.2, 0.25) is 5.91 Å². The monoisotopic (exact) mass is 458 g/mol. The Bertz CT molecular complexity index is 1310. The van der Waals surface area contributed by atoms with Crippen molar-refractivity contribution in [1.29, 1.82) is 0 Å². The second-order valence-electron chi connectivity index (χ2n) is 7.00. The number of amides is 1. The minimum atomic E-state index is -3.74. The molecular formula is C22H19FN2O4S2. The zero-order valence-corrected chi connectivity index (χ0v) is 18.2. The molecule has 0 N–H and O–H groups in total. The Morgan fingerprint density at radius 2 is 1.90 bits per heavy atom. The van der Waals surface area contributed by atoms with E-state index in [2.05, 4.69) is 4.98 Å². The number of thiazole rings is 1. The molecule has 0 saturated carbocycles. The smallest absolute Gasteiger partial charge is 0.230 e. The molecule has 0 aliphatic heterocycles. The molecule has 1 amide bonds. The Balaban J connectivity index is 1.59. The van der Waals surface area contributed by atoms with E-state index < -0.39 is 27.3 Å². The number of rotatable bonds is 7. The number of fused-ring (bicyclic) bond motifs is 1. The Kier molecular flexibility index (Phi) is 5.88. The third kappa shape index (κ3) is 4.67. The van der Waals surface area contributed by atoms with Crippen molar-refractivity contribution in [2.75, 3.05) is 10.7 Å². The highest BCUT2D eigenvalue weighted by Gasteiger charge is 2.24. The number of aromatic nitrogens is 1. The van der Waals surface area contributed by atoms with Crippen LogP contribution in [0.5, 0.6) is 0 Å². The van der Waals surface area contributed by atoms with Crippen LogP contribution in [0.2, 0.25) is 0 Å². The summed E-state index contributed by atoms with van der Waals surface area (Å²) >= 11 is 1.36. The van der Waals surface area contributed by atoms with E-state index in [1.54, 1.807) is 12.1 Å². The summed E-state index contributed by atoms with van der Waals surface area (Å²) in [6.07, 6.45) is 1.27. The Morgan fingerprint density at radius 3 is 2.58 bits per heavy atom. The van der Waals surface area contributed by atoms with Gasteiger partial charge in [0.15, 0.2) is 15.0 Å². The van der Waals surface area contributed by atoms with E-state index in [0.717, 1.165) is 27.9 Å². The Morgan fingerprint density at radius 1 is 1.13 bits per heavy atom. The summed E-state index contributed by atoms with van der Waals surface area (Å²) in [6.45, 7) is 2.08. The number of furan rings is 1. The van der Waals surface area contributed by atoms with Gasteiger partial charge in [-0.1, -0.05) is 23.5 Å². The van der Waals surface area contributed by atoms with Gasteiger partial charge in [0.25, 0.3) is 0 Å². The highest BCUT2D eigenvalue weighted by Crippen LogP contribution is 2.32. The molecule has 0 aliphatic carbocycles. The number of anilines is 1. The van der Waals surface area contributed by atoms with Crippen molar-refractivity contribution in [3.8, 4) is 0 Å². The number of para-hydroxylation sites is 1. The number of hydrogen-bond donors (Lipinski definition) is 0. The molecule has 31 heavy (non-hydrogen) atoms. The lowest BCUT2D eigenvalue weighted by Gasteiger charge is -2.18. The topological polar surface area (TPSA) is 80.5 Å². The van der Waals surface area contributed by atoms with Crippen molar-refractivity contribution in [3.05, 3.63) is 78.0 Å². The third-order valence-corrected chi connectivity index (χ3v) is 7.57. The van der Waals surface area contributed by atoms with Gasteiger partial charge in [0.1, 0.15) is 11.6 Å². The van der Waals surface area contributed by atoms with Crippen LogP contribution in [0, 0.1) is 12.7 Å². The van der Waals surface area contributed by atoms with Crippen molar-refractivity contribution in [2.24, 2.45) is 0 Å². The first-order valence-electron chi connectivity index (χ1n) is 9.51. The summed E-state index contributed by atoms with van der Waals surface area (Å²) in [7, 11) is -3.74. The minimum absolute atomic E-state index is 0.0186. The third-order valence-electron chi connectivity index (χ3n) is 4.79. The quantitative estimate of drug-likeness (QED) is 0.374. The number of hydrogen-bond acceptors (Lipinski definition) is 6. The standard InChI is InChI=1S/C22H19FN2O4S2/c1-15-4-2-6-19-21(15)24-22(30-19)25(14-17-5-3-12-29-17)20(26)11-13-31(27,28)18-9-7-16(23)8-10-18/h2-10,12H,11,13-14H2,1H3. The molecule has 0 fully saturated rings. The van der Waals surface area contributed by atoms with Crippen LogP contribution >= 0.6 is 11.3 Å². The molecule has 160 valence electrons. The fourth-order valence-electron chi connectivity index (χ4n) is 3.13. The van der Waals surface area contributed by atoms with E-state index >= 15 is 0 Å². The SMILES string of the molecule is Cc1cccc2sc(N(Cc3ccco3)C(=O)CCS(=O)(=O)c3ccc(F)cc3)nc12. The highest BCUT2D eigenvalue weighted by atomic mass is 32.2. The lowest BCUT2D eigenvalue weighted by Crippen LogP contribution is -2.31. The predicted molar refractivity (Wildman–Crippen MR) is 117 cm³/mol. The number of halogens is 1. The lowest BCUT2D eigenvalue weighted by molar-refractivity contribution is -0.118. The first kappa shape index (κ1) is 21.2. The van der Waals surface area contributed by atoms with Crippen molar-refractivity contribution in [1.82, 2.24) is 4.98 Å². The largest absolute Gasteiger partial charge is 0.467 e. The molecule has 0 atom stereocenters. The van der Waals surface area contributed by atoms with Crippen LogP contribution in [0.4, 0.5) is 9.52 Å². The van der Waals surface area contributed by atoms with E-state index in [-0.39, 0.29) is 17.9 Å². The number of carbonyl (C=O) groups excluding carboxylic acids is 1. The molecule has 0 aliphatic rings. The molecular weight excluding hydrogens is 439 g/mol. The van der Waals surface area contributed by atoms with Crippen LogP contribution in [-0.2, 0) is 21.2 Å². The lowest BCUT2D eigenvalue weighted by atomic mass is 10.2. The van der Waals surface area contributed by atoms with Crippen molar-refractivity contribution in [2.45, 2.75) is 24.8 Å². The van der Waals surface area contributed by atoms with Crippen molar-refractivity contribution in [3.63, 3.8) is 0 Å². The maximum Gasteiger partial charge on any atom is 0.230 e. The van der Waals surface area contributed by atoms with Gasteiger partial charge >= 0.3 is 0 Å². The zero-order valence-electron chi connectivity index (χ0n) is 16.6. The van der Waals surface area contributed by atoms with Crippen LogP contribution in [0.25, 0.3) is 10.2 Å². The summed E-state index contributed by atoms with van der Waals surface area (Å²) in [4.78, 5) is 19.1. The number of aryl methyl sites for hydroxylation is 1. The van der Waals surface area contributed by atoms with Crippen LogP contribution in [0.3, 0.4) is 0 Å². The maximum atomic E-state index is 13.1.